The van der Waals surface area contributed by atoms with E-state index in [1.165, 1.54) is 25.0 Å². The smallest absolute Gasteiger partial charge is 0.248 e. The minimum Gasteiger partial charge on any atom is -0.340 e. The fourth-order valence-corrected chi connectivity index (χ4v) is 4.56. The summed E-state index contributed by atoms with van der Waals surface area (Å²) in [5, 5.41) is 3.46. The van der Waals surface area contributed by atoms with Crippen LogP contribution in [0.25, 0.3) is 0 Å². The molecule has 1 N–H and O–H groups in total. The Morgan fingerprint density at radius 3 is 2.74 bits per heavy atom. The first kappa shape index (κ1) is 13.3. The SMILES string of the molecule is CC1(C2CC2)NC(=O)CN(CC2CCCCS2)C1=O. The van der Waals surface area contributed by atoms with E-state index in [0.717, 1.165) is 19.4 Å². The second-order valence-electron chi connectivity index (χ2n) is 6.20. The summed E-state index contributed by atoms with van der Waals surface area (Å²) >= 11 is 1.96. The summed E-state index contributed by atoms with van der Waals surface area (Å²) in [7, 11) is 0. The first-order valence-electron chi connectivity index (χ1n) is 7.31. The van der Waals surface area contributed by atoms with Gasteiger partial charge in [0.1, 0.15) is 5.54 Å². The second kappa shape index (κ2) is 5.00. The molecule has 4 nitrogen and oxygen atoms in total. The number of nitrogens with one attached hydrogen (secondary N) is 1. The van der Waals surface area contributed by atoms with E-state index in [-0.39, 0.29) is 18.4 Å². The highest BCUT2D eigenvalue weighted by Crippen LogP contribution is 2.41. The summed E-state index contributed by atoms with van der Waals surface area (Å²) < 4.78 is 0. The Morgan fingerprint density at radius 2 is 2.11 bits per heavy atom. The number of thioether (sulfide) groups is 1. The number of hydrogen-bond donors (Lipinski definition) is 1. The van der Waals surface area contributed by atoms with Crippen LogP contribution in [0.15, 0.2) is 0 Å². The molecule has 2 aliphatic heterocycles. The number of piperazine rings is 1. The van der Waals surface area contributed by atoms with Crippen LogP contribution in [0.2, 0.25) is 0 Å². The van der Waals surface area contributed by atoms with Crippen LogP contribution >= 0.6 is 11.8 Å². The summed E-state index contributed by atoms with van der Waals surface area (Å²) in [4.78, 5) is 26.4. The standard InChI is InChI=1S/C14H22N2O2S/c1-14(10-5-6-10)13(18)16(9-12(17)15-14)8-11-4-2-3-7-19-11/h10-11H,2-9H2,1H3,(H,15,17). The molecule has 2 amide bonds. The van der Waals surface area contributed by atoms with E-state index in [9.17, 15) is 9.59 Å². The van der Waals surface area contributed by atoms with E-state index in [1.54, 1.807) is 4.90 Å². The molecule has 0 aromatic heterocycles. The molecule has 19 heavy (non-hydrogen) atoms. The van der Waals surface area contributed by atoms with Crippen molar-refractivity contribution in [3.8, 4) is 0 Å². The quantitative estimate of drug-likeness (QED) is 0.851. The van der Waals surface area contributed by atoms with Crippen molar-refractivity contribution < 1.29 is 9.59 Å². The van der Waals surface area contributed by atoms with Crippen LogP contribution in [0.3, 0.4) is 0 Å². The lowest BCUT2D eigenvalue weighted by Gasteiger charge is -2.41. The topological polar surface area (TPSA) is 49.4 Å². The zero-order valence-corrected chi connectivity index (χ0v) is 12.3. The van der Waals surface area contributed by atoms with Gasteiger partial charge in [-0.25, -0.2) is 0 Å². The molecule has 3 aliphatic rings. The summed E-state index contributed by atoms with van der Waals surface area (Å²) in [6.45, 7) is 2.91. The van der Waals surface area contributed by atoms with Gasteiger partial charge in [-0.05, 0) is 44.3 Å². The van der Waals surface area contributed by atoms with Gasteiger partial charge in [-0.1, -0.05) is 6.42 Å². The normalized spacial score (nSPS) is 36.3. The highest BCUT2D eigenvalue weighted by atomic mass is 32.2. The molecule has 3 fully saturated rings. The fraction of sp³-hybridized carbons (Fsp3) is 0.857. The van der Waals surface area contributed by atoms with Gasteiger partial charge in [0.05, 0.1) is 6.54 Å². The van der Waals surface area contributed by atoms with E-state index in [0.29, 0.717) is 11.2 Å². The lowest BCUT2D eigenvalue weighted by atomic mass is 9.91. The lowest BCUT2D eigenvalue weighted by molar-refractivity contribution is -0.150. The van der Waals surface area contributed by atoms with E-state index < -0.39 is 5.54 Å². The maximum absolute atomic E-state index is 12.6. The van der Waals surface area contributed by atoms with Crippen molar-refractivity contribution in [2.45, 2.75) is 49.8 Å². The predicted molar refractivity (Wildman–Crippen MR) is 75.9 cm³/mol. The largest absolute Gasteiger partial charge is 0.340 e. The molecule has 2 heterocycles. The van der Waals surface area contributed by atoms with E-state index in [1.807, 2.05) is 18.7 Å². The molecule has 1 aliphatic carbocycles. The molecule has 0 bridgehead atoms. The molecular formula is C14H22N2O2S. The molecule has 0 aromatic rings. The van der Waals surface area contributed by atoms with Crippen molar-refractivity contribution in [2.75, 3.05) is 18.8 Å². The Morgan fingerprint density at radius 1 is 1.32 bits per heavy atom. The molecule has 0 radical (unpaired) electrons. The monoisotopic (exact) mass is 282 g/mol. The van der Waals surface area contributed by atoms with E-state index >= 15 is 0 Å². The van der Waals surface area contributed by atoms with Crippen LogP contribution in [0.1, 0.15) is 39.0 Å². The number of carbonyl (C=O) groups excluding carboxylic acids is 2. The van der Waals surface area contributed by atoms with Gasteiger partial charge in [0.25, 0.3) is 0 Å². The van der Waals surface area contributed by atoms with Crippen LogP contribution < -0.4 is 5.32 Å². The van der Waals surface area contributed by atoms with Crippen molar-refractivity contribution in [1.82, 2.24) is 10.2 Å². The Balaban J connectivity index is 1.69. The van der Waals surface area contributed by atoms with Gasteiger partial charge < -0.3 is 10.2 Å². The van der Waals surface area contributed by atoms with Gasteiger partial charge in [-0.3, -0.25) is 9.59 Å². The molecule has 1 saturated carbocycles. The highest BCUT2D eigenvalue weighted by molar-refractivity contribution is 7.99. The highest BCUT2D eigenvalue weighted by Gasteiger charge is 2.52. The Bertz CT molecular complexity index is 391. The minimum absolute atomic E-state index is 0.00908. The number of amides is 2. The maximum Gasteiger partial charge on any atom is 0.248 e. The third-order valence-corrected chi connectivity index (χ3v) is 5.94. The van der Waals surface area contributed by atoms with E-state index in [4.69, 9.17) is 0 Å². The van der Waals surface area contributed by atoms with Gasteiger partial charge in [0.2, 0.25) is 11.8 Å². The van der Waals surface area contributed by atoms with Crippen LogP contribution in [-0.2, 0) is 9.59 Å². The number of hydrogen-bond acceptors (Lipinski definition) is 3. The van der Waals surface area contributed by atoms with Crippen LogP contribution in [0.5, 0.6) is 0 Å². The Hall–Kier alpha value is -0.710. The predicted octanol–water partition coefficient (Wildman–Crippen LogP) is 1.40. The average molecular weight is 282 g/mol. The number of carbonyl (C=O) groups is 2. The molecule has 2 unspecified atom stereocenters. The first-order chi connectivity index (χ1) is 9.09. The molecular weight excluding hydrogens is 260 g/mol. The van der Waals surface area contributed by atoms with Crippen molar-refractivity contribution in [3.63, 3.8) is 0 Å². The second-order valence-corrected chi connectivity index (χ2v) is 7.61. The molecule has 0 aromatic carbocycles. The van der Waals surface area contributed by atoms with Gasteiger partial charge >= 0.3 is 0 Å². The van der Waals surface area contributed by atoms with Gasteiger partial charge in [-0.2, -0.15) is 11.8 Å². The lowest BCUT2D eigenvalue weighted by Crippen LogP contribution is -2.67. The third-order valence-electron chi connectivity index (χ3n) is 4.56. The zero-order valence-electron chi connectivity index (χ0n) is 11.5. The van der Waals surface area contributed by atoms with Crippen molar-refractivity contribution in [2.24, 2.45) is 5.92 Å². The van der Waals surface area contributed by atoms with Gasteiger partial charge in [0.15, 0.2) is 0 Å². The molecule has 106 valence electrons. The summed E-state index contributed by atoms with van der Waals surface area (Å²) in [6, 6.07) is 0. The van der Waals surface area contributed by atoms with Crippen LogP contribution in [0.4, 0.5) is 0 Å². The van der Waals surface area contributed by atoms with Crippen molar-refractivity contribution in [1.29, 1.82) is 0 Å². The van der Waals surface area contributed by atoms with Crippen molar-refractivity contribution in [3.05, 3.63) is 0 Å². The van der Waals surface area contributed by atoms with Crippen molar-refractivity contribution >= 4 is 23.6 Å². The van der Waals surface area contributed by atoms with Crippen LogP contribution in [-0.4, -0.2) is 46.3 Å². The average Bonchev–Trinajstić information content (AvgIpc) is 3.21. The molecule has 5 heteroatoms. The van der Waals surface area contributed by atoms with E-state index in [2.05, 4.69) is 5.32 Å². The summed E-state index contributed by atoms with van der Waals surface area (Å²) in [6.07, 6.45) is 5.85. The Labute approximate surface area is 118 Å². The summed E-state index contributed by atoms with van der Waals surface area (Å²) in [5.41, 5.74) is -0.630. The van der Waals surface area contributed by atoms with Gasteiger partial charge in [-0.15, -0.1) is 0 Å². The summed E-state index contributed by atoms with van der Waals surface area (Å²) in [5.74, 6) is 1.69. The fourth-order valence-electron chi connectivity index (χ4n) is 3.24. The van der Waals surface area contributed by atoms with Crippen LogP contribution in [0, 0.1) is 5.92 Å². The minimum atomic E-state index is -0.630. The first-order valence-corrected chi connectivity index (χ1v) is 8.36. The number of rotatable bonds is 3. The van der Waals surface area contributed by atoms with Gasteiger partial charge in [0, 0.05) is 11.8 Å². The zero-order chi connectivity index (χ0) is 13.5. The molecule has 2 atom stereocenters. The third kappa shape index (κ3) is 2.62. The Kier molecular flexibility index (Phi) is 3.50. The number of nitrogens with zero attached hydrogens (tertiary/aromatic N) is 1. The molecule has 3 rings (SSSR count). The molecule has 2 saturated heterocycles. The maximum atomic E-state index is 12.6. The molecule has 0 spiro atoms.